The largest absolute Gasteiger partial charge is 0.384 e. The maximum atomic E-state index is 13.5. The Morgan fingerprint density at radius 1 is 1.30 bits per heavy atom. The third-order valence-electron chi connectivity index (χ3n) is 7.14. The topological polar surface area (TPSA) is 60.8 Å². The van der Waals surface area contributed by atoms with Crippen molar-refractivity contribution in [1.29, 1.82) is 0 Å². The number of rotatable bonds is 4. The lowest BCUT2D eigenvalue weighted by Gasteiger charge is -2.26. The molecule has 0 unspecified atom stereocenters. The molecule has 2 atom stereocenters. The van der Waals surface area contributed by atoms with Crippen molar-refractivity contribution in [2.45, 2.75) is 26.2 Å². The number of aryl methyl sites for hydroxylation is 2. The molecule has 0 bridgehead atoms. The average Bonchev–Trinajstić information content (AvgIpc) is 3.42. The van der Waals surface area contributed by atoms with Crippen molar-refractivity contribution in [3.05, 3.63) is 63.1 Å². The standard InChI is InChI=1S/C24H28N2O4/c1-16-9-10-26(20-8-4-6-17-5-3-7-19(17)20)23(28)21(16)22(27)25-11-18-12-30-15-24(18,13-25)14-29-2/h4,6,8-10,18H,3,5,7,11-15H2,1-2H3/t18-,24-/m0/s1. The lowest BCUT2D eigenvalue weighted by Crippen LogP contribution is -2.39. The van der Waals surface area contributed by atoms with Gasteiger partial charge in [-0.3, -0.25) is 14.2 Å². The summed E-state index contributed by atoms with van der Waals surface area (Å²) in [5.41, 5.74) is 4.06. The van der Waals surface area contributed by atoms with E-state index in [4.69, 9.17) is 9.47 Å². The van der Waals surface area contributed by atoms with E-state index >= 15 is 0 Å². The van der Waals surface area contributed by atoms with Gasteiger partial charge in [0.25, 0.3) is 11.5 Å². The molecule has 0 radical (unpaired) electrons. The molecule has 3 aliphatic rings. The predicted octanol–water partition coefficient (Wildman–Crippen LogP) is 2.37. The van der Waals surface area contributed by atoms with E-state index in [-0.39, 0.29) is 28.4 Å². The Morgan fingerprint density at radius 3 is 3.00 bits per heavy atom. The van der Waals surface area contributed by atoms with Crippen molar-refractivity contribution in [1.82, 2.24) is 9.47 Å². The zero-order chi connectivity index (χ0) is 20.9. The van der Waals surface area contributed by atoms with Crippen molar-refractivity contribution in [2.24, 2.45) is 11.3 Å². The molecule has 1 aromatic heterocycles. The SMILES string of the molecule is COC[C@@]12COC[C@@H]1CN(C(=O)c1c(C)ccn(-c3cccc4c3CCC4)c1=O)C2. The van der Waals surface area contributed by atoms with Gasteiger partial charge in [-0.1, -0.05) is 12.1 Å². The molecule has 158 valence electrons. The van der Waals surface area contributed by atoms with Gasteiger partial charge < -0.3 is 14.4 Å². The average molecular weight is 408 g/mol. The lowest BCUT2D eigenvalue weighted by molar-refractivity contribution is 0.0488. The summed E-state index contributed by atoms with van der Waals surface area (Å²) in [5, 5.41) is 0. The van der Waals surface area contributed by atoms with Crippen LogP contribution >= 0.6 is 0 Å². The van der Waals surface area contributed by atoms with Crippen molar-refractivity contribution in [2.75, 3.05) is 40.0 Å². The van der Waals surface area contributed by atoms with Gasteiger partial charge in [-0.2, -0.15) is 0 Å². The van der Waals surface area contributed by atoms with Crippen LogP contribution < -0.4 is 5.56 Å². The minimum Gasteiger partial charge on any atom is -0.384 e. The molecule has 6 nitrogen and oxygen atoms in total. The molecular weight excluding hydrogens is 380 g/mol. The number of nitrogens with zero attached hydrogens (tertiary/aromatic N) is 2. The van der Waals surface area contributed by atoms with Gasteiger partial charge in [0.05, 0.1) is 25.5 Å². The van der Waals surface area contributed by atoms with Gasteiger partial charge >= 0.3 is 0 Å². The second kappa shape index (κ2) is 7.36. The van der Waals surface area contributed by atoms with E-state index in [0.717, 1.165) is 30.5 Å². The van der Waals surface area contributed by atoms with Gasteiger partial charge in [0.15, 0.2) is 0 Å². The van der Waals surface area contributed by atoms with Crippen LogP contribution in [0.4, 0.5) is 0 Å². The predicted molar refractivity (Wildman–Crippen MR) is 113 cm³/mol. The molecule has 1 amide bonds. The van der Waals surface area contributed by atoms with Crippen LogP contribution in [0.15, 0.2) is 35.3 Å². The zero-order valence-electron chi connectivity index (χ0n) is 17.6. The van der Waals surface area contributed by atoms with Crippen LogP contribution in [-0.4, -0.2) is 55.4 Å². The Hall–Kier alpha value is -2.44. The Morgan fingerprint density at radius 2 is 2.17 bits per heavy atom. The molecule has 5 rings (SSSR count). The number of benzene rings is 1. The first-order valence-electron chi connectivity index (χ1n) is 10.7. The normalized spacial score (nSPS) is 24.9. The van der Waals surface area contributed by atoms with E-state index in [0.29, 0.717) is 32.9 Å². The molecule has 2 aliphatic heterocycles. The van der Waals surface area contributed by atoms with Gasteiger partial charge in [0.1, 0.15) is 5.56 Å². The fourth-order valence-corrected chi connectivity index (χ4v) is 5.54. The lowest BCUT2D eigenvalue weighted by atomic mass is 9.82. The van der Waals surface area contributed by atoms with Crippen LogP contribution in [0.5, 0.6) is 0 Å². The highest BCUT2D eigenvalue weighted by molar-refractivity contribution is 5.95. The summed E-state index contributed by atoms with van der Waals surface area (Å²) in [7, 11) is 1.69. The first-order valence-corrected chi connectivity index (χ1v) is 10.7. The number of amides is 1. The summed E-state index contributed by atoms with van der Waals surface area (Å²) >= 11 is 0. The smallest absolute Gasteiger partial charge is 0.268 e. The molecule has 1 aromatic carbocycles. The number of hydrogen-bond donors (Lipinski definition) is 0. The summed E-state index contributed by atoms with van der Waals surface area (Å²) in [5.74, 6) is 0.0781. The molecule has 30 heavy (non-hydrogen) atoms. The minimum atomic E-state index is -0.227. The van der Waals surface area contributed by atoms with Crippen molar-refractivity contribution in [3.63, 3.8) is 0 Å². The van der Waals surface area contributed by atoms with E-state index in [1.165, 1.54) is 11.1 Å². The molecule has 0 N–H and O–H groups in total. The van der Waals surface area contributed by atoms with Crippen molar-refractivity contribution >= 4 is 5.91 Å². The second-order valence-corrected chi connectivity index (χ2v) is 9.01. The maximum absolute atomic E-state index is 13.5. The highest BCUT2D eigenvalue weighted by Crippen LogP contribution is 2.42. The first-order chi connectivity index (χ1) is 14.5. The molecule has 0 saturated carbocycles. The number of pyridine rings is 1. The van der Waals surface area contributed by atoms with Crippen LogP contribution in [0.3, 0.4) is 0 Å². The molecule has 2 saturated heterocycles. The summed E-state index contributed by atoms with van der Waals surface area (Å²) in [4.78, 5) is 28.8. The number of hydrogen-bond acceptors (Lipinski definition) is 4. The summed E-state index contributed by atoms with van der Waals surface area (Å²) in [6.45, 7) is 4.83. The number of ether oxygens (including phenoxy) is 2. The van der Waals surface area contributed by atoms with Crippen LogP contribution in [0.1, 0.15) is 33.5 Å². The Bertz CT molecular complexity index is 1060. The number of carbonyl (C=O) groups is 1. The highest BCUT2D eigenvalue weighted by Gasteiger charge is 2.52. The number of methoxy groups -OCH3 is 1. The molecule has 2 fully saturated rings. The number of likely N-dealkylation sites (tertiary alicyclic amines) is 1. The van der Waals surface area contributed by atoms with Crippen LogP contribution in [0.2, 0.25) is 0 Å². The van der Waals surface area contributed by atoms with E-state index < -0.39 is 0 Å². The zero-order valence-corrected chi connectivity index (χ0v) is 17.6. The van der Waals surface area contributed by atoms with E-state index in [2.05, 4.69) is 6.07 Å². The Kier molecular flexibility index (Phi) is 4.79. The maximum Gasteiger partial charge on any atom is 0.268 e. The Balaban J connectivity index is 1.52. The monoisotopic (exact) mass is 408 g/mol. The second-order valence-electron chi connectivity index (χ2n) is 9.01. The van der Waals surface area contributed by atoms with E-state index in [1.54, 1.807) is 17.9 Å². The van der Waals surface area contributed by atoms with Crippen LogP contribution in [0.25, 0.3) is 5.69 Å². The molecular formula is C24H28N2O4. The third kappa shape index (κ3) is 2.93. The number of fused-ring (bicyclic) bond motifs is 2. The fourth-order valence-electron chi connectivity index (χ4n) is 5.54. The number of carbonyl (C=O) groups excluding carboxylic acids is 1. The summed E-state index contributed by atoms with van der Waals surface area (Å²) in [6, 6.07) is 8.01. The minimum absolute atomic E-state index is 0.160. The molecule has 6 heteroatoms. The summed E-state index contributed by atoms with van der Waals surface area (Å²) in [6.07, 6.45) is 4.94. The molecule has 0 spiro atoms. The first kappa shape index (κ1) is 19.5. The van der Waals surface area contributed by atoms with Crippen LogP contribution in [-0.2, 0) is 22.3 Å². The van der Waals surface area contributed by atoms with Gasteiger partial charge in [-0.25, -0.2) is 0 Å². The van der Waals surface area contributed by atoms with Crippen LogP contribution in [0, 0.1) is 18.3 Å². The van der Waals surface area contributed by atoms with E-state index in [1.807, 2.05) is 30.0 Å². The molecule has 2 aromatic rings. The van der Waals surface area contributed by atoms with Gasteiger partial charge in [0.2, 0.25) is 0 Å². The fraction of sp³-hybridized carbons (Fsp3) is 0.500. The van der Waals surface area contributed by atoms with Gasteiger partial charge in [-0.15, -0.1) is 0 Å². The molecule has 3 heterocycles. The third-order valence-corrected chi connectivity index (χ3v) is 7.14. The van der Waals surface area contributed by atoms with Crippen molar-refractivity contribution in [3.8, 4) is 5.69 Å². The summed E-state index contributed by atoms with van der Waals surface area (Å²) < 4.78 is 12.8. The van der Waals surface area contributed by atoms with E-state index in [9.17, 15) is 9.59 Å². The molecule has 1 aliphatic carbocycles. The highest BCUT2D eigenvalue weighted by atomic mass is 16.5. The van der Waals surface area contributed by atoms with Gasteiger partial charge in [0, 0.05) is 37.7 Å². The number of aromatic nitrogens is 1. The quantitative estimate of drug-likeness (QED) is 0.779. The van der Waals surface area contributed by atoms with Gasteiger partial charge in [-0.05, 0) is 55.0 Å². The van der Waals surface area contributed by atoms with Crippen molar-refractivity contribution < 1.29 is 14.3 Å². The Labute approximate surface area is 176 Å².